The third-order valence-corrected chi connectivity index (χ3v) is 12.6. The van der Waals surface area contributed by atoms with Crippen molar-refractivity contribution in [2.24, 2.45) is 0 Å². The van der Waals surface area contributed by atoms with Gasteiger partial charge in [0.15, 0.2) is 0 Å². The van der Waals surface area contributed by atoms with Crippen LogP contribution >= 0.6 is 22.7 Å². The van der Waals surface area contributed by atoms with Crippen LogP contribution in [0.2, 0.25) is 0 Å². The minimum absolute atomic E-state index is 0.259. The van der Waals surface area contributed by atoms with Gasteiger partial charge in [-0.05, 0) is 133 Å². The number of carboxylic acid groups (broad SMARTS) is 1. The van der Waals surface area contributed by atoms with E-state index in [0.29, 0.717) is 11.8 Å². The molecule has 2 aliphatic rings. The number of anilines is 3. The number of carbonyl (C=O) groups is 1. The monoisotopic (exact) mass is 682 g/mol. The molecule has 2 aromatic heterocycles. The number of nitrogens with zero attached hydrogens (tertiary/aromatic N) is 2. The van der Waals surface area contributed by atoms with Gasteiger partial charge >= 0.3 is 5.97 Å². The van der Waals surface area contributed by atoms with E-state index in [9.17, 15) is 9.90 Å². The van der Waals surface area contributed by atoms with Crippen LogP contribution in [0.4, 0.5) is 17.1 Å². The normalized spacial score (nSPS) is 16.0. The van der Waals surface area contributed by atoms with Crippen molar-refractivity contribution in [3.63, 3.8) is 0 Å². The van der Waals surface area contributed by atoms with E-state index < -0.39 is 5.97 Å². The minimum atomic E-state index is -1.21. The van der Waals surface area contributed by atoms with Crippen LogP contribution in [-0.4, -0.2) is 11.1 Å². The Morgan fingerprint density at radius 3 is 1.73 bits per heavy atom. The molecule has 0 spiro atoms. The van der Waals surface area contributed by atoms with Gasteiger partial charge in [0.25, 0.3) is 0 Å². The fourth-order valence-corrected chi connectivity index (χ4v) is 9.77. The smallest absolute Gasteiger partial charge is 0.346 e. The van der Waals surface area contributed by atoms with E-state index in [-0.39, 0.29) is 5.57 Å². The van der Waals surface area contributed by atoms with Gasteiger partial charge in [-0.3, -0.25) is 0 Å². The molecule has 0 bridgehead atoms. The van der Waals surface area contributed by atoms with Gasteiger partial charge in [0.05, 0.1) is 0 Å². The topological polar surface area (TPSA) is 64.3 Å². The molecule has 2 fully saturated rings. The number of hydrogen-bond acceptors (Lipinski definition) is 5. The molecule has 5 aromatic rings. The molecule has 248 valence electrons. The highest BCUT2D eigenvalue weighted by molar-refractivity contribution is 7.24. The molecule has 49 heavy (non-hydrogen) atoms. The fourth-order valence-electron chi connectivity index (χ4n) is 7.64. The first-order valence-electron chi connectivity index (χ1n) is 17.6. The summed E-state index contributed by atoms with van der Waals surface area (Å²) in [5.41, 5.74) is 8.61. The van der Waals surface area contributed by atoms with Crippen LogP contribution in [0.5, 0.6) is 0 Å². The third kappa shape index (κ3) is 7.44. The Hall–Kier alpha value is -4.44. The first-order valence-corrected chi connectivity index (χ1v) is 19.3. The summed E-state index contributed by atoms with van der Waals surface area (Å²) >= 11 is 3.22. The van der Waals surface area contributed by atoms with Gasteiger partial charge in [-0.2, -0.15) is 5.26 Å². The van der Waals surface area contributed by atoms with Crippen molar-refractivity contribution in [3.05, 3.63) is 118 Å². The molecule has 2 heterocycles. The number of hydrogen-bond donors (Lipinski definition) is 1. The maximum atomic E-state index is 11.3. The Kier molecular flexibility index (Phi) is 10.1. The van der Waals surface area contributed by atoms with E-state index in [1.54, 1.807) is 17.4 Å². The van der Waals surface area contributed by atoms with E-state index >= 15 is 0 Å². The van der Waals surface area contributed by atoms with Crippen molar-refractivity contribution in [1.29, 1.82) is 5.26 Å². The summed E-state index contributed by atoms with van der Waals surface area (Å²) in [5, 5.41) is 18.4. The zero-order valence-electron chi connectivity index (χ0n) is 28.0. The zero-order valence-corrected chi connectivity index (χ0v) is 29.7. The predicted molar refractivity (Wildman–Crippen MR) is 205 cm³/mol. The summed E-state index contributed by atoms with van der Waals surface area (Å²) in [6, 6.07) is 35.4. The number of nitriles is 1. The van der Waals surface area contributed by atoms with E-state index in [1.165, 1.54) is 120 Å². The molecule has 0 radical (unpaired) electrons. The zero-order chi connectivity index (χ0) is 33.7. The molecular weight excluding hydrogens is 641 g/mol. The van der Waals surface area contributed by atoms with Crippen molar-refractivity contribution < 1.29 is 9.90 Å². The molecular formula is C43H42N2O2S2. The number of benzene rings is 3. The number of aryl methyl sites for hydroxylation is 1. The van der Waals surface area contributed by atoms with Gasteiger partial charge in [-0.15, -0.1) is 22.7 Å². The second-order valence-electron chi connectivity index (χ2n) is 13.5. The molecule has 7 rings (SSSR count). The molecule has 1 N–H and O–H groups in total. The quantitative estimate of drug-likeness (QED) is 0.124. The lowest BCUT2D eigenvalue weighted by atomic mass is 9.84. The molecule has 2 saturated carbocycles. The van der Waals surface area contributed by atoms with Gasteiger partial charge in [0, 0.05) is 36.6 Å². The maximum absolute atomic E-state index is 11.3. The predicted octanol–water partition coefficient (Wildman–Crippen LogP) is 13.0. The average Bonchev–Trinajstić information content (AvgIpc) is 3.82. The van der Waals surface area contributed by atoms with E-state index in [2.05, 4.69) is 90.7 Å². The second kappa shape index (κ2) is 15.0. The molecule has 2 aliphatic carbocycles. The molecule has 3 aromatic carbocycles. The minimum Gasteiger partial charge on any atom is -0.477 e. The van der Waals surface area contributed by atoms with Gasteiger partial charge in [-0.25, -0.2) is 4.79 Å². The number of rotatable bonds is 9. The summed E-state index contributed by atoms with van der Waals surface area (Å²) < 4.78 is 0. The Morgan fingerprint density at radius 1 is 0.694 bits per heavy atom. The van der Waals surface area contributed by atoms with Crippen LogP contribution < -0.4 is 4.90 Å². The first kappa shape index (κ1) is 33.1. The van der Waals surface area contributed by atoms with Gasteiger partial charge in [0.2, 0.25) is 0 Å². The average molecular weight is 683 g/mol. The first-order chi connectivity index (χ1) is 24.0. The maximum Gasteiger partial charge on any atom is 0.346 e. The van der Waals surface area contributed by atoms with Gasteiger partial charge in [-0.1, -0.05) is 68.9 Å². The third-order valence-electron chi connectivity index (χ3n) is 10.3. The highest BCUT2D eigenvalue weighted by Crippen LogP contribution is 2.43. The SMILES string of the molecule is Cc1cc(N(c2ccc(C3CCCCC3)cc2)c2ccc(C3CCCCC3)cc2)ccc1-c1ccc(-c2ccc(/C=C(\C#N)C(=O)O)s2)s1. The molecule has 0 amide bonds. The Morgan fingerprint density at radius 2 is 1.20 bits per heavy atom. The largest absolute Gasteiger partial charge is 0.477 e. The highest BCUT2D eigenvalue weighted by atomic mass is 32.1. The summed E-state index contributed by atoms with van der Waals surface area (Å²) in [5.74, 6) is 0.154. The van der Waals surface area contributed by atoms with Crippen LogP contribution in [-0.2, 0) is 4.79 Å². The molecule has 0 saturated heterocycles. The number of thiophene rings is 2. The highest BCUT2D eigenvalue weighted by Gasteiger charge is 2.20. The molecule has 0 unspecified atom stereocenters. The lowest BCUT2D eigenvalue weighted by Gasteiger charge is -2.28. The van der Waals surface area contributed by atoms with Gasteiger partial charge < -0.3 is 10.0 Å². The standard InChI is InChI=1S/C43H42N2O2S2/c1-29-26-37(20-22-39(29)40-24-25-42(49-40)41-23-21-38(48-41)27-34(28-44)43(46)47)45(35-16-12-32(13-17-35)30-8-4-2-5-9-30)36-18-14-33(15-19-36)31-10-6-3-7-11-31/h12-27,30-31H,2-11H2,1H3,(H,46,47)/b34-27+. The lowest BCUT2D eigenvalue weighted by molar-refractivity contribution is -0.132. The van der Waals surface area contributed by atoms with Gasteiger partial charge in [0.1, 0.15) is 11.6 Å². The molecule has 0 aliphatic heterocycles. The van der Waals surface area contributed by atoms with Crippen LogP contribution in [0.15, 0.2) is 96.6 Å². The van der Waals surface area contributed by atoms with Crippen molar-refractivity contribution in [1.82, 2.24) is 0 Å². The summed E-state index contributed by atoms with van der Waals surface area (Å²) in [6.45, 7) is 2.19. The van der Waals surface area contributed by atoms with Crippen LogP contribution in [0, 0.1) is 18.3 Å². The van der Waals surface area contributed by atoms with E-state index in [1.807, 2.05) is 12.1 Å². The van der Waals surface area contributed by atoms with E-state index in [0.717, 1.165) is 20.3 Å². The lowest BCUT2D eigenvalue weighted by Crippen LogP contribution is -2.11. The van der Waals surface area contributed by atoms with Crippen molar-refractivity contribution in [2.45, 2.75) is 83.0 Å². The molecule has 6 heteroatoms. The fraction of sp³-hybridized carbons (Fsp3) is 0.302. The van der Waals surface area contributed by atoms with Crippen LogP contribution in [0.25, 0.3) is 26.3 Å². The second-order valence-corrected chi connectivity index (χ2v) is 15.7. The number of aliphatic carboxylic acids is 1. The Bertz CT molecular complexity index is 1920. The van der Waals surface area contributed by atoms with Crippen molar-refractivity contribution >= 4 is 51.8 Å². The van der Waals surface area contributed by atoms with Crippen molar-refractivity contribution in [3.8, 4) is 26.3 Å². The van der Waals surface area contributed by atoms with Crippen LogP contribution in [0.1, 0.15) is 97.6 Å². The van der Waals surface area contributed by atoms with Crippen LogP contribution in [0.3, 0.4) is 0 Å². The molecule has 0 atom stereocenters. The molecule has 4 nitrogen and oxygen atoms in total. The van der Waals surface area contributed by atoms with E-state index in [4.69, 9.17) is 5.26 Å². The van der Waals surface area contributed by atoms with Crippen molar-refractivity contribution in [2.75, 3.05) is 4.90 Å². The number of carboxylic acids is 1. The summed E-state index contributed by atoms with van der Waals surface area (Å²) in [6.07, 6.45) is 14.7. The summed E-state index contributed by atoms with van der Waals surface area (Å²) in [7, 11) is 0. The Labute approximate surface area is 298 Å². The Balaban J connectivity index is 1.18. The summed E-state index contributed by atoms with van der Waals surface area (Å²) in [4.78, 5) is 17.8.